The number of ketones is 1. The molecule has 6 heteroatoms. The third kappa shape index (κ3) is 8.99. The van der Waals surface area contributed by atoms with Crippen molar-refractivity contribution in [3.63, 3.8) is 0 Å². The van der Waals surface area contributed by atoms with E-state index in [1.807, 2.05) is 48.5 Å². The molecule has 0 bridgehead atoms. The van der Waals surface area contributed by atoms with Crippen LogP contribution in [-0.2, 0) is 22.5 Å². The van der Waals surface area contributed by atoms with Crippen LogP contribution in [0.15, 0.2) is 72.1 Å². The summed E-state index contributed by atoms with van der Waals surface area (Å²) < 4.78 is 11.5. The Hall–Kier alpha value is -3.56. The molecule has 2 aromatic carbocycles. The van der Waals surface area contributed by atoms with Gasteiger partial charge in [-0.3, -0.25) is 9.69 Å². The maximum Gasteiger partial charge on any atom is 0.196 e. The van der Waals surface area contributed by atoms with Crippen LogP contribution in [0.3, 0.4) is 0 Å². The SMILES string of the molecule is CC[C@@H](C)C(C)C/C=C/C(=C(/OCCc1ccc(OC)cc1)C(C)=O)N1CCN(Cc2ccccc2C#N)CC1. The molecule has 0 aromatic heterocycles. The summed E-state index contributed by atoms with van der Waals surface area (Å²) >= 11 is 0. The largest absolute Gasteiger partial charge is 0.497 e. The lowest BCUT2D eigenvalue weighted by molar-refractivity contribution is -0.117. The van der Waals surface area contributed by atoms with Gasteiger partial charge in [0.2, 0.25) is 0 Å². The number of hydrogen-bond donors (Lipinski definition) is 0. The summed E-state index contributed by atoms with van der Waals surface area (Å²) in [7, 11) is 1.66. The van der Waals surface area contributed by atoms with Crippen LogP contribution in [0.1, 0.15) is 57.2 Å². The van der Waals surface area contributed by atoms with Gasteiger partial charge < -0.3 is 14.4 Å². The number of carbonyl (C=O) groups excluding carboxylic acids is 1. The average Bonchev–Trinajstić information content (AvgIpc) is 2.98. The average molecular weight is 544 g/mol. The van der Waals surface area contributed by atoms with E-state index in [1.165, 1.54) is 0 Å². The van der Waals surface area contributed by atoms with Crippen LogP contribution in [0.25, 0.3) is 0 Å². The van der Waals surface area contributed by atoms with E-state index in [9.17, 15) is 10.1 Å². The lowest BCUT2D eigenvalue weighted by atomic mass is 9.90. The molecule has 0 radical (unpaired) electrons. The Kier molecular flexibility index (Phi) is 12.3. The van der Waals surface area contributed by atoms with E-state index in [2.05, 4.69) is 48.8 Å². The van der Waals surface area contributed by atoms with E-state index in [0.29, 0.717) is 30.6 Å². The molecule has 1 heterocycles. The monoisotopic (exact) mass is 543 g/mol. The fourth-order valence-electron chi connectivity index (χ4n) is 4.93. The molecule has 0 spiro atoms. The topological polar surface area (TPSA) is 65.8 Å². The first-order valence-electron chi connectivity index (χ1n) is 14.5. The highest BCUT2D eigenvalue weighted by Gasteiger charge is 2.23. The van der Waals surface area contributed by atoms with Gasteiger partial charge in [0.1, 0.15) is 5.75 Å². The van der Waals surface area contributed by atoms with Gasteiger partial charge in [0.05, 0.1) is 31.0 Å². The Morgan fingerprint density at radius 2 is 1.75 bits per heavy atom. The minimum absolute atomic E-state index is 0.0604. The summed E-state index contributed by atoms with van der Waals surface area (Å²) in [6, 6.07) is 18.0. The number of carbonyl (C=O) groups is 1. The number of nitrogens with zero attached hydrogens (tertiary/aromatic N) is 3. The zero-order valence-electron chi connectivity index (χ0n) is 24.9. The summed E-state index contributed by atoms with van der Waals surface area (Å²) in [6.45, 7) is 12.8. The van der Waals surface area contributed by atoms with Gasteiger partial charge in [-0.15, -0.1) is 0 Å². The molecule has 0 aliphatic carbocycles. The van der Waals surface area contributed by atoms with Crippen LogP contribution in [-0.4, -0.2) is 55.5 Å². The van der Waals surface area contributed by atoms with Gasteiger partial charge in [0.15, 0.2) is 11.5 Å². The van der Waals surface area contributed by atoms with Crippen LogP contribution >= 0.6 is 0 Å². The van der Waals surface area contributed by atoms with Crippen molar-refractivity contribution in [1.29, 1.82) is 5.26 Å². The highest BCUT2D eigenvalue weighted by atomic mass is 16.5. The molecule has 3 rings (SSSR count). The van der Waals surface area contributed by atoms with E-state index < -0.39 is 0 Å². The Labute approximate surface area is 240 Å². The number of nitriles is 1. The fourth-order valence-corrected chi connectivity index (χ4v) is 4.93. The van der Waals surface area contributed by atoms with Crippen molar-refractivity contribution in [3.8, 4) is 11.8 Å². The molecule has 6 nitrogen and oxygen atoms in total. The van der Waals surface area contributed by atoms with Crippen LogP contribution in [0.5, 0.6) is 5.75 Å². The Morgan fingerprint density at radius 1 is 1.05 bits per heavy atom. The second-order valence-corrected chi connectivity index (χ2v) is 10.8. The van der Waals surface area contributed by atoms with Gasteiger partial charge >= 0.3 is 0 Å². The lowest BCUT2D eigenvalue weighted by Crippen LogP contribution is -2.45. The molecule has 0 N–H and O–H groups in total. The second-order valence-electron chi connectivity index (χ2n) is 10.8. The van der Waals surface area contributed by atoms with Gasteiger partial charge in [-0.2, -0.15) is 5.26 Å². The maximum atomic E-state index is 12.9. The number of benzene rings is 2. The van der Waals surface area contributed by atoms with Crippen LogP contribution in [0, 0.1) is 23.2 Å². The van der Waals surface area contributed by atoms with Crippen LogP contribution in [0.4, 0.5) is 0 Å². The molecule has 1 aliphatic heterocycles. The van der Waals surface area contributed by atoms with E-state index in [4.69, 9.17) is 9.47 Å². The summed E-state index contributed by atoms with van der Waals surface area (Å²) in [5.41, 5.74) is 3.79. The van der Waals surface area contributed by atoms with Crippen molar-refractivity contribution in [2.75, 3.05) is 39.9 Å². The zero-order chi connectivity index (χ0) is 28.9. The standard InChI is InChI=1S/C34H45N3O3/c1-6-26(2)27(3)10-9-13-33(34(28(4)38)40-23-18-29-14-16-32(39-5)17-15-29)37-21-19-36(20-22-37)25-31-12-8-7-11-30(31)24-35/h7-9,11-17,26-27H,6,10,18-23,25H2,1-5H3/b13-9+,34-33-/t26-,27?/m1/s1. The van der Waals surface area contributed by atoms with Crippen molar-refractivity contribution in [2.45, 2.75) is 53.5 Å². The molecule has 2 atom stereocenters. The van der Waals surface area contributed by atoms with Gasteiger partial charge in [0.25, 0.3) is 0 Å². The van der Waals surface area contributed by atoms with Crippen molar-refractivity contribution in [2.24, 2.45) is 11.8 Å². The van der Waals surface area contributed by atoms with Crippen molar-refractivity contribution in [3.05, 3.63) is 88.8 Å². The highest BCUT2D eigenvalue weighted by Crippen LogP contribution is 2.23. The number of rotatable bonds is 14. The molecule has 0 amide bonds. The van der Waals surface area contributed by atoms with Gasteiger partial charge in [-0.25, -0.2) is 0 Å². The number of ether oxygens (including phenoxy) is 2. The number of hydrogen-bond acceptors (Lipinski definition) is 6. The number of allylic oxidation sites excluding steroid dienone is 3. The molecule has 0 saturated carbocycles. The van der Waals surface area contributed by atoms with E-state index in [0.717, 1.165) is 73.7 Å². The first kappa shape index (κ1) is 31.0. The van der Waals surface area contributed by atoms with Gasteiger partial charge in [-0.05, 0) is 53.7 Å². The summed E-state index contributed by atoms with van der Waals surface area (Å²) in [4.78, 5) is 17.5. The first-order valence-corrected chi connectivity index (χ1v) is 14.5. The number of piperazine rings is 1. The quantitative estimate of drug-likeness (QED) is 0.157. The summed E-state index contributed by atoms with van der Waals surface area (Å²) in [5.74, 6) is 2.41. The Bertz CT molecular complexity index is 1190. The normalized spacial score (nSPS) is 16.2. The molecule has 1 unspecified atom stereocenters. The highest BCUT2D eigenvalue weighted by molar-refractivity contribution is 5.92. The molecule has 40 heavy (non-hydrogen) atoms. The second kappa shape index (κ2) is 15.9. The lowest BCUT2D eigenvalue weighted by Gasteiger charge is -2.37. The molecule has 1 fully saturated rings. The minimum Gasteiger partial charge on any atom is -0.497 e. The third-order valence-corrected chi connectivity index (χ3v) is 7.99. The Balaban J connectivity index is 1.75. The predicted molar refractivity (Wildman–Crippen MR) is 161 cm³/mol. The maximum absolute atomic E-state index is 12.9. The molecule has 2 aromatic rings. The van der Waals surface area contributed by atoms with Crippen molar-refractivity contribution >= 4 is 5.78 Å². The Morgan fingerprint density at radius 3 is 2.38 bits per heavy atom. The molecule has 214 valence electrons. The van der Waals surface area contributed by atoms with E-state index in [1.54, 1.807) is 14.0 Å². The van der Waals surface area contributed by atoms with Gasteiger partial charge in [0, 0.05) is 46.1 Å². The first-order chi connectivity index (χ1) is 19.4. The van der Waals surface area contributed by atoms with E-state index in [-0.39, 0.29) is 5.78 Å². The van der Waals surface area contributed by atoms with Gasteiger partial charge in [-0.1, -0.05) is 63.6 Å². The van der Waals surface area contributed by atoms with Crippen molar-refractivity contribution in [1.82, 2.24) is 9.80 Å². The van der Waals surface area contributed by atoms with Crippen LogP contribution in [0.2, 0.25) is 0 Å². The summed E-state index contributed by atoms with van der Waals surface area (Å²) in [6.07, 6.45) is 7.12. The number of Topliss-reactive ketones (excluding diaryl/α,β-unsaturated/α-hetero) is 1. The minimum atomic E-state index is -0.0604. The molecule has 1 aliphatic rings. The van der Waals surface area contributed by atoms with E-state index >= 15 is 0 Å². The smallest absolute Gasteiger partial charge is 0.196 e. The number of methoxy groups -OCH3 is 1. The van der Waals surface area contributed by atoms with Crippen molar-refractivity contribution < 1.29 is 14.3 Å². The molecular formula is C34H45N3O3. The zero-order valence-corrected chi connectivity index (χ0v) is 24.9. The summed E-state index contributed by atoms with van der Waals surface area (Å²) in [5, 5.41) is 9.47. The molecular weight excluding hydrogens is 498 g/mol. The fraction of sp³-hybridized carbons (Fsp3) is 0.471. The van der Waals surface area contributed by atoms with Crippen LogP contribution < -0.4 is 4.74 Å². The molecule has 1 saturated heterocycles. The third-order valence-electron chi connectivity index (χ3n) is 7.99. The predicted octanol–water partition coefficient (Wildman–Crippen LogP) is 6.37.